The highest BCUT2D eigenvalue weighted by Gasteiger charge is 2.28. The second-order valence-electron chi connectivity index (χ2n) is 9.94. The third-order valence-electron chi connectivity index (χ3n) is 6.83. The number of unbranched alkanes of at least 4 members (excludes halogenated alkanes) is 2. The van der Waals surface area contributed by atoms with Crippen LogP contribution in [0.5, 0.6) is 0 Å². The number of primary amides is 1. The summed E-state index contributed by atoms with van der Waals surface area (Å²) in [6, 6.07) is -0.914. The molecule has 0 aliphatic carbocycles. The van der Waals surface area contributed by atoms with E-state index in [1.165, 1.54) is 0 Å². The number of rotatable bonds is 16. The van der Waals surface area contributed by atoms with Crippen molar-refractivity contribution < 1.29 is 49.2 Å². The Morgan fingerprint density at radius 2 is 1.26 bits per heavy atom. The van der Waals surface area contributed by atoms with E-state index in [-0.39, 0.29) is 44.2 Å². The van der Waals surface area contributed by atoms with E-state index in [1.807, 2.05) is 6.92 Å². The van der Waals surface area contributed by atoms with Gasteiger partial charge in [0.25, 0.3) is 6.47 Å². The molecule has 1 aliphatic rings. The lowest BCUT2D eigenvalue weighted by molar-refractivity contribution is -0.144. The number of carbonyl (C=O) groups is 6. The molecule has 1 fully saturated rings. The summed E-state index contributed by atoms with van der Waals surface area (Å²) in [5, 5.41) is 38.3. The molecule has 16 nitrogen and oxygen atoms in total. The number of carboxylic acids is 3. The molecule has 2 amide bonds. The number of nitrogens with one attached hydrogen (secondary N) is 1. The number of nitrogens with zero attached hydrogens (tertiary/aromatic N) is 4. The maximum atomic E-state index is 12.4. The highest BCUT2D eigenvalue weighted by molar-refractivity contribution is 5.78. The highest BCUT2D eigenvalue weighted by atomic mass is 16.4. The lowest BCUT2D eigenvalue weighted by Crippen LogP contribution is -2.51. The van der Waals surface area contributed by atoms with Gasteiger partial charge in [0.1, 0.15) is 6.04 Å². The zero-order valence-corrected chi connectivity index (χ0v) is 24.5. The second kappa shape index (κ2) is 23.2. The minimum atomic E-state index is -1.04. The molecule has 1 saturated heterocycles. The number of likely N-dealkylation sites (N-methyl/N-ethyl adjacent to an activating group) is 1. The number of carboxylic acid groups (broad SMARTS) is 4. The zero-order chi connectivity index (χ0) is 31.9. The fourth-order valence-corrected chi connectivity index (χ4v) is 4.53. The van der Waals surface area contributed by atoms with Gasteiger partial charge in [-0.15, -0.1) is 0 Å². The van der Waals surface area contributed by atoms with Gasteiger partial charge in [-0.3, -0.25) is 43.5 Å². The van der Waals surface area contributed by atoms with Crippen molar-refractivity contribution in [2.45, 2.75) is 51.5 Å². The van der Waals surface area contributed by atoms with E-state index < -0.39 is 23.9 Å². The zero-order valence-electron chi connectivity index (χ0n) is 24.5. The molecule has 1 aliphatic heterocycles. The van der Waals surface area contributed by atoms with Crippen LogP contribution in [0.25, 0.3) is 0 Å². The first-order valence-corrected chi connectivity index (χ1v) is 14.1. The minimum Gasteiger partial charge on any atom is -0.483 e. The quantitative estimate of drug-likeness (QED) is 0.0869. The SMILES string of the molecule is CCN1CCN(CC(=O)O)CCN(CC(=O)O)CCN(C(CCC(=O)NCCCCCC(N)=O)C(=O)O)CC1.O=CO. The maximum Gasteiger partial charge on any atom is 0.320 e. The van der Waals surface area contributed by atoms with Gasteiger partial charge >= 0.3 is 17.9 Å². The van der Waals surface area contributed by atoms with Gasteiger partial charge in [-0.1, -0.05) is 13.3 Å². The average molecular weight is 605 g/mol. The van der Waals surface area contributed by atoms with Crippen LogP contribution in [-0.2, 0) is 28.8 Å². The van der Waals surface area contributed by atoms with Gasteiger partial charge in [0.2, 0.25) is 11.8 Å². The van der Waals surface area contributed by atoms with Crippen molar-refractivity contribution in [1.82, 2.24) is 24.9 Å². The van der Waals surface area contributed by atoms with Crippen molar-refractivity contribution in [2.24, 2.45) is 5.73 Å². The Kier molecular flexibility index (Phi) is 21.4. The number of aliphatic carboxylic acids is 3. The van der Waals surface area contributed by atoms with Gasteiger partial charge in [0.05, 0.1) is 13.1 Å². The van der Waals surface area contributed by atoms with Crippen LogP contribution in [0.1, 0.15) is 45.4 Å². The van der Waals surface area contributed by atoms with Gasteiger partial charge in [-0.25, -0.2) is 0 Å². The van der Waals surface area contributed by atoms with E-state index in [9.17, 15) is 39.3 Å². The van der Waals surface area contributed by atoms with Gasteiger partial charge in [-0.05, 0) is 25.8 Å². The molecule has 1 rings (SSSR count). The molecule has 0 aromatic heterocycles. The molecule has 242 valence electrons. The van der Waals surface area contributed by atoms with Crippen molar-refractivity contribution in [3.05, 3.63) is 0 Å². The summed E-state index contributed by atoms with van der Waals surface area (Å²) in [4.78, 5) is 73.9. The second-order valence-corrected chi connectivity index (χ2v) is 9.94. The Morgan fingerprint density at radius 3 is 1.71 bits per heavy atom. The van der Waals surface area contributed by atoms with Crippen LogP contribution in [0.15, 0.2) is 0 Å². The van der Waals surface area contributed by atoms with E-state index in [0.717, 1.165) is 6.42 Å². The largest absolute Gasteiger partial charge is 0.483 e. The number of nitrogens with two attached hydrogens (primary N) is 1. The molecular formula is C26H48N6O10. The van der Waals surface area contributed by atoms with Crippen molar-refractivity contribution in [1.29, 1.82) is 0 Å². The van der Waals surface area contributed by atoms with Crippen LogP contribution in [0, 0.1) is 0 Å². The van der Waals surface area contributed by atoms with Crippen LogP contribution in [0.2, 0.25) is 0 Å². The van der Waals surface area contributed by atoms with Crippen molar-refractivity contribution in [3.8, 4) is 0 Å². The minimum absolute atomic E-state index is 0.0369. The van der Waals surface area contributed by atoms with Crippen molar-refractivity contribution >= 4 is 36.2 Å². The lowest BCUT2D eigenvalue weighted by Gasteiger charge is -2.35. The Hall–Kier alpha value is -3.34. The molecule has 16 heteroatoms. The summed E-state index contributed by atoms with van der Waals surface area (Å²) in [5.41, 5.74) is 5.11. The summed E-state index contributed by atoms with van der Waals surface area (Å²) in [6.45, 7) is 5.85. The van der Waals surface area contributed by atoms with Crippen molar-refractivity contribution in [2.75, 3.05) is 78.5 Å². The van der Waals surface area contributed by atoms with Crippen LogP contribution >= 0.6 is 0 Å². The lowest BCUT2D eigenvalue weighted by atomic mass is 10.1. The average Bonchev–Trinajstić information content (AvgIpc) is 2.89. The molecule has 1 unspecified atom stereocenters. The third-order valence-corrected chi connectivity index (χ3v) is 6.83. The molecule has 0 aromatic carbocycles. The summed E-state index contributed by atoms with van der Waals surface area (Å²) in [6.07, 6.45) is 2.57. The first-order chi connectivity index (χ1) is 19.9. The molecule has 1 heterocycles. The van der Waals surface area contributed by atoms with Gasteiger partial charge in [0, 0.05) is 71.7 Å². The topological polar surface area (TPSA) is 234 Å². The number of hydrogen-bond donors (Lipinski definition) is 6. The van der Waals surface area contributed by atoms with E-state index in [1.54, 1.807) is 14.7 Å². The molecule has 0 bridgehead atoms. The molecular weight excluding hydrogens is 556 g/mol. The number of carbonyl (C=O) groups excluding carboxylic acids is 2. The Balaban J connectivity index is 0.00000535. The molecule has 0 spiro atoms. The molecule has 1 atom stereocenters. The summed E-state index contributed by atoms with van der Waals surface area (Å²) >= 11 is 0. The predicted octanol–water partition coefficient (Wildman–Crippen LogP) is -1.51. The van der Waals surface area contributed by atoms with Gasteiger partial charge < -0.3 is 36.4 Å². The third kappa shape index (κ3) is 19.7. The van der Waals surface area contributed by atoms with E-state index >= 15 is 0 Å². The van der Waals surface area contributed by atoms with Crippen LogP contribution < -0.4 is 11.1 Å². The van der Waals surface area contributed by atoms with Crippen LogP contribution in [-0.4, -0.2) is 161 Å². The number of hydrogen-bond acceptors (Lipinski definition) is 10. The Morgan fingerprint density at radius 1 is 0.786 bits per heavy atom. The van der Waals surface area contributed by atoms with Crippen molar-refractivity contribution in [3.63, 3.8) is 0 Å². The molecule has 7 N–H and O–H groups in total. The summed E-state index contributed by atoms with van der Waals surface area (Å²) < 4.78 is 0. The van der Waals surface area contributed by atoms with E-state index in [0.29, 0.717) is 84.7 Å². The first kappa shape index (κ1) is 38.7. The van der Waals surface area contributed by atoms with E-state index in [4.69, 9.17) is 15.6 Å². The summed E-state index contributed by atoms with van der Waals surface area (Å²) in [7, 11) is 0. The standard InChI is InChI=1S/C25H46N6O8.CH2O2/c1-2-28-10-11-29(18-23(34)35)12-13-30(19-24(36)37)15-17-31(16-14-28)20(25(38)39)7-8-22(33)27-9-5-3-4-6-21(26)32;2-1-3/h20H,2-19H2,1H3,(H2,26,32)(H,27,33)(H,34,35)(H,36,37)(H,38,39);1H,(H,2,3). The molecule has 0 saturated carbocycles. The number of amides is 2. The van der Waals surface area contributed by atoms with Crippen LogP contribution in [0.3, 0.4) is 0 Å². The highest BCUT2D eigenvalue weighted by Crippen LogP contribution is 2.11. The Bertz CT molecular complexity index is 846. The fraction of sp³-hybridized carbons (Fsp3) is 0.769. The first-order valence-electron chi connectivity index (χ1n) is 14.1. The molecule has 0 radical (unpaired) electrons. The molecule has 0 aromatic rings. The normalized spacial score (nSPS) is 17.0. The van der Waals surface area contributed by atoms with E-state index in [2.05, 4.69) is 10.2 Å². The fourth-order valence-electron chi connectivity index (χ4n) is 4.53. The smallest absolute Gasteiger partial charge is 0.320 e. The maximum absolute atomic E-state index is 12.4. The Labute approximate surface area is 246 Å². The van der Waals surface area contributed by atoms with Crippen LogP contribution in [0.4, 0.5) is 0 Å². The molecule has 42 heavy (non-hydrogen) atoms. The van der Waals surface area contributed by atoms with Gasteiger partial charge in [0.15, 0.2) is 0 Å². The monoisotopic (exact) mass is 604 g/mol. The summed E-state index contributed by atoms with van der Waals surface area (Å²) in [5.74, 6) is -3.60. The predicted molar refractivity (Wildman–Crippen MR) is 152 cm³/mol. The van der Waals surface area contributed by atoms with Gasteiger partial charge in [-0.2, -0.15) is 0 Å².